The minimum Gasteiger partial charge on any atom is -0.324 e. The first kappa shape index (κ1) is 21.1. The molecule has 2 aromatic rings. The highest BCUT2D eigenvalue weighted by molar-refractivity contribution is 7.89. The third-order valence-electron chi connectivity index (χ3n) is 4.57. The minimum absolute atomic E-state index is 0.0479. The molecule has 1 heterocycles. The molecule has 0 radical (unpaired) electrons. The normalized spacial score (nSPS) is 11.8. The number of hydrogen-bond acceptors (Lipinski definition) is 4. The van der Waals surface area contributed by atoms with Crippen molar-refractivity contribution in [3.8, 4) is 0 Å². The van der Waals surface area contributed by atoms with E-state index >= 15 is 0 Å². The predicted octanol–water partition coefficient (Wildman–Crippen LogP) is 2.79. The fourth-order valence-corrected chi connectivity index (χ4v) is 5.01. The van der Waals surface area contributed by atoms with Gasteiger partial charge in [-0.25, -0.2) is 8.42 Å². The van der Waals surface area contributed by atoms with Crippen LogP contribution in [0.25, 0.3) is 0 Å². The molecule has 0 unspecified atom stereocenters. The summed E-state index contributed by atoms with van der Waals surface area (Å²) in [5, 5.41) is 7.16. The van der Waals surface area contributed by atoms with E-state index in [4.69, 9.17) is 0 Å². The summed E-state index contributed by atoms with van der Waals surface area (Å²) in [5.74, 6) is -0.251. The largest absolute Gasteiger partial charge is 0.324 e. The maximum atomic E-state index is 12.9. The zero-order valence-electron chi connectivity index (χ0n) is 16.8. The minimum atomic E-state index is -3.63. The maximum Gasteiger partial charge on any atom is 0.246 e. The SMILES string of the molecule is CCN(CC)S(=O)(=O)c1c(C)nn(CC(=O)Nc2ccc(C)cc2C)c1C. The molecule has 0 aliphatic heterocycles. The lowest BCUT2D eigenvalue weighted by atomic mass is 10.1. The second-order valence-electron chi connectivity index (χ2n) is 6.61. The Kier molecular flexibility index (Phi) is 6.43. The molecule has 0 aliphatic carbocycles. The van der Waals surface area contributed by atoms with Crippen molar-refractivity contribution >= 4 is 21.6 Å². The monoisotopic (exact) mass is 392 g/mol. The Labute approximate surface area is 161 Å². The quantitative estimate of drug-likeness (QED) is 0.785. The number of anilines is 1. The van der Waals surface area contributed by atoms with Crippen LogP contribution < -0.4 is 5.32 Å². The average Bonchev–Trinajstić information content (AvgIpc) is 2.85. The van der Waals surface area contributed by atoms with Crippen molar-refractivity contribution < 1.29 is 13.2 Å². The number of carbonyl (C=O) groups excluding carboxylic acids is 1. The van der Waals surface area contributed by atoms with Gasteiger partial charge in [-0.3, -0.25) is 9.48 Å². The number of nitrogens with zero attached hydrogens (tertiary/aromatic N) is 3. The van der Waals surface area contributed by atoms with Crippen molar-refractivity contribution in [1.82, 2.24) is 14.1 Å². The van der Waals surface area contributed by atoms with Crippen LogP contribution in [0.1, 0.15) is 36.4 Å². The van der Waals surface area contributed by atoms with E-state index in [0.717, 1.165) is 16.8 Å². The number of aryl methyl sites for hydroxylation is 3. The predicted molar refractivity (Wildman–Crippen MR) is 106 cm³/mol. The standard InChI is InChI=1S/C19H28N4O3S/c1-7-22(8-2)27(25,26)19-15(5)21-23(16(19)6)12-18(24)20-17-10-9-13(3)11-14(17)4/h9-11H,7-8,12H2,1-6H3,(H,20,24). The van der Waals surface area contributed by atoms with Gasteiger partial charge < -0.3 is 5.32 Å². The lowest BCUT2D eigenvalue weighted by molar-refractivity contribution is -0.116. The number of sulfonamides is 1. The fourth-order valence-electron chi connectivity index (χ4n) is 3.18. The molecular weight excluding hydrogens is 364 g/mol. The van der Waals surface area contributed by atoms with E-state index in [9.17, 15) is 13.2 Å². The molecule has 1 aromatic heterocycles. The van der Waals surface area contributed by atoms with Gasteiger partial charge in [-0.2, -0.15) is 9.40 Å². The summed E-state index contributed by atoms with van der Waals surface area (Å²) in [4.78, 5) is 12.6. The highest BCUT2D eigenvalue weighted by atomic mass is 32.2. The maximum absolute atomic E-state index is 12.9. The van der Waals surface area contributed by atoms with Gasteiger partial charge in [0.1, 0.15) is 11.4 Å². The van der Waals surface area contributed by atoms with Gasteiger partial charge in [-0.1, -0.05) is 31.5 Å². The molecule has 0 spiro atoms. The van der Waals surface area contributed by atoms with E-state index < -0.39 is 10.0 Å². The van der Waals surface area contributed by atoms with Crippen molar-refractivity contribution in [3.63, 3.8) is 0 Å². The Bertz CT molecular complexity index is 944. The first-order valence-electron chi connectivity index (χ1n) is 9.03. The second kappa shape index (κ2) is 8.22. The average molecular weight is 393 g/mol. The molecule has 0 saturated carbocycles. The summed E-state index contributed by atoms with van der Waals surface area (Å²) in [7, 11) is -3.63. The van der Waals surface area contributed by atoms with Gasteiger partial charge in [0.05, 0.1) is 11.4 Å². The van der Waals surface area contributed by atoms with E-state index in [0.29, 0.717) is 24.5 Å². The molecule has 0 fully saturated rings. The van der Waals surface area contributed by atoms with Gasteiger partial charge in [-0.05, 0) is 39.3 Å². The topological polar surface area (TPSA) is 84.3 Å². The van der Waals surface area contributed by atoms with Gasteiger partial charge >= 0.3 is 0 Å². The van der Waals surface area contributed by atoms with Crippen LogP contribution >= 0.6 is 0 Å². The van der Waals surface area contributed by atoms with Crippen LogP contribution in [0.2, 0.25) is 0 Å². The Balaban J connectivity index is 2.27. The van der Waals surface area contributed by atoms with Crippen molar-refractivity contribution in [2.45, 2.75) is 53.0 Å². The van der Waals surface area contributed by atoms with Crippen molar-refractivity contribution in [3.05, 3.63) is 40.7 Å². The summed E-state index contributed by atoms with van der Waals surface area (Å²) in [6.45, 7) is 11.6. The van der Waals surface area contributed by atoms with E-state index in [-0.39, 0.29) is 17.3 Å². The third-order valence-corrected chi connectivity index (χ3v) is 6.87. The lowest BCUT2D eigenvalue weighted by Gasteiger charge is -2.18. The molecule has 148 valence electrons. The summed E-state index contributed by atoms with van der Waals surface area (Å²) in [6, 6.07) is 5.79. The zero-order chi connectivity index (χ0) is 20.4. The van der Waals surface area contributed by atoms with Crippen LogP contribution in [0.3, 0.4) is 0 Å². The summed E-state index contributed by atoms with van der Waals surface area (Å²) >= 11 is 0. The number of nitrogens with one attached hydrogen (secondary N) is 1. The Morgan fingerprint density at radius 1 is 1.15 bits per heavy atom. The van der Waals surface area contributed by atoms with Gasteiger partial charge in [0.15, 0.2) is 0 Å². The van der Waals surface area contributed by atoms with Crippen LogP contribution in [-0.2, 0) is 21.4 Å². The molecular formula is C19H28N4O3S. The smallest absolute Gasteiger partial charge is 0.246 e. The molecule has 0 bridgehead atoms. The van der Waals surface area contributed by atoms with Gasteiger partial charge in [-0.15, -0.1) is 0 Å². The van der Waals surface area contributed by atoms with Crippen LogP contribution in [0.15, 0.2) is 23.1 Å². The number of hydrogen-bond donors (Lipinski definition) is 1. The fraction of sp³-hybridized carbons (Fsp3) is 0.474. The van der Waals surface area contributed by atoms with Crippen LogP contribution in [0.4, 0.5) is 5.69 Å². The second-order valence-corrected chi connectivity index (χ2v) is 8.49. The van der Waals surface area contributed by atoms with E-state index in [2.05, 4.69) is 10.4 Å². The lowest BCUT2D eigenvalue weighted by Crippen LogP contribution is -2.31. The van der Waals surface area contributed by atoms with E-state index in [1.54, 1.807) is 27.7 Å². The third kappa shape index (κ3) is 4.39. The van der Waals surface area contributed by atoms with Crippen LogP contribution in [0, 0.1) is 27.7 Å². The van der Waals surface area contributed by atoms with Gasteiger partial charge in [0.2, 0.25) is 15.9 Å². The number of carbonyl (C=O) groups is 1. The van der Waals surface area contributed by atoms with E-state index in [1.165, 1.54) is 8.99 Å². The summed E-state index contributed by atoms with van der Waals surface area (Å²) < 4.78 is 28.6. The summed E-state index contributed by atoms with van der Waals surface area (Å²) in [6.07, 6.45) is 0. The number of amides is 1. The first-order valence-corrected chi connectivity index (χ1v) is 10.5. The molecule has 7 nitrogen and oxygen atoms in total. The highest BCUT2D eigenvalue weighted by Gasteiger charge is 2.29. The molecule has 0 atom stereocenters. The van der Waals surface area contributed by atoms with Crippen molar-refractivity contribution in [1.29, 1.82) is 0 Å². The molecule has 27 heavy (non-hydrogen) atoms. The van der Waals surface area contributed by atoms with E-state index in [1.807, 2.05) is 32.0 Å². The molecule has 8 heteroatoms. The number of benzene rings is 1. The molecule has 0 aliphatic rings. The van der Waals surface area contributed by atoms with Crippen LogP contribution in [0.5, 0.6) is 0 Å². The Morgan fingerprint density at radius 2 is 1.78 bits per heavy atom. The summed E-state index contributed by atoms with van der Waals surface area (Å²) in [5.41, 5.74) is 3.70. The molecule has 0 saturated heterocycles. The zero-order valence-corrected chi connectivity index (χ0v) is 17.6. The Morgan fingerprint density at radius 3 is 2.33 bits per heavy atom. The van der Waals surface area contributed by atoms with Crippen molar-refractivity contribution in [2.75, 3.05) is 18.4 Å². The molecule has 1 N–H and O–H groups in total. The molecule has 1 aromatic carbocycles. The number of rotatable bonds is 7. The van der Waals surface area contributed by atoms with Gasteiger partial charge in [0.25, 0.3) is 0 Å². The number of aromatic nitrogens is 2. The van der Waals surface area contributed by atoms with Crippen LogP contribution in [-0.4, -0.2) is 41.5 Å². The molecule has 1 amide bonds. The Hall–Kier alpha value is -2.19. The van der Waals surface area contributed by atoms with Gasteiger partial charge in [0, 0.05) is 18.8 Å². The molecule has 2 rings (SSSR count). The van der Waals surface area contributed by atoms with Crippen molar-refractivity contribution in [2.24, 2.45) is 0 Å². The first-order chi connectivity index (χ1) is 12.6. The highest BCUT2D eigenvalue weighted by Crippen LogP contribution is 2.23.